The van der Waals surface area contributed by atoms with Crippen molar-refractivity contribution in [3.8, 4) is 0 Å². The lowest BCUT2D eigenvalue weighted by atomic mass is 10.0. The van der Waals surface area contributed by atoms with Crippen LogP contribution in [-0.4, -0.2) is 77.1 Å². The molecule has 1 aromatic carbocycles. The van der Waals surface area contributed by atoms with Crippen molar-refractivity contribution in [2.24, 2.45) is 5.73 Å². The van der Waals surface area contributed by atoms with Crippen molar-refractivity contribution >= 4 is 29.7 Å². The van der Waals surface area contributed by atoms with E-state index in [2.05, 4.69) is 21.3 Å². The van der Waals surface area contributed by atoms with E-state index in [-0.39, 0.29) is 25.2 Å². The minimum Gasteiger partial charge on any atom is -0.481 e. The fourth-order valence-corrected chi connectivity index (χ4v) is 4.07. The molecule has 37 heavy (non-hydrogen) atoms. The molecule has 0 radical (unpaired) electrons. The Bertz CT molecular complexity index is 921. The first-order valence-corrected chi connectivity index (χ1v) is 12.5. The van der Waals surface area contributed by atoms with Gasteiger partial charge in [0.05, 0.1) is 6.04 Å². The third kappa shape index (κ3) is 10.6. The number of carboxylic acid groups (broad SMARTS) is 2. The number of amides is 3. The van der Waals surface area contributed by atoms with Crippen molar-refractivity contribution in [1.29, 1.82) is 0 Å². The standard InChI is InChI=1S/C25H37N5O7/c26-13-5-4-9-18(28-22(33)17-10-6-14-27-17)23(34)29-19(11-12-21(31)32)24(35)30-20(25(36)37)15-16-7-2-1-3-8-16/h1-3,7-8,17-20,27H,4-6,9-15,26H2,(H,28,33)(H,29,34)(H,30,35)(H,31,32)(H,36,37). The number of unbranched alkanes of at least 4 members (excludes halogenated alkanes) is 1. The van der Waals surface area contributed by atoms with Gasteiger partial charge in [-0.05, 0) is 57.2 Å². The highest BCUT2D eigenvalue weighted by Gasteiger charge is 2.31. The summed E-state index contributed by atoms with van der Waals surface area (Å²) in [4.78, 5) is 61.7. The van der Waals surface area contributed by atoms with Gasteiger partial charge in [0.1, 0.15) is 18.1 Å². The van der Waals surface area contributed by atoms with Crippen LogP contribution in [-0.2, 0) is 30.4 Å². The first-order valence-electron chi connectivity index (χ1n) is 12.5. The van der Waals surface area contributed by atoms with Gasteiger partial charge in [0.25, 0.3) is 0 Å². The van der Waals surface area contributed by atoms with E-state index in [9.17, 15) is 29.1 Å². The predicted molar refractivity (Wildman–Crippen MR) is 134 cm³/mol. The molecule has 0 aliphatic carbocycles. The summed E-state index contributed by atoms with van der Waals surface area (Å²) in [5.74, 6) is -4.24. The average molecular weight is 520 g/mol. The Labute approximate surface area is 215 Å². The van der Waals surface area contributed by atoms with Gasteiger partial charge in [0.2, 0.25) is 17.7 Å². The summed E-state index contributed by atoms with van der Waals surface area (Å²) >= 11 is 0. The van der Waals surface area contributed by atoms with Crippen molar-refractivity contribution in [2.75, 3.05) is 13.1 Å². The lowest BCUT2D eigenvalue weighted by Crippen LogP contribution is -2.57. The summed E-state index contributed by atoms with van der Waals surface area (Å²) in [6.07, 6.45) is 2.27. The van der Waals surface area contributed by atoms with Crippen LogP contribution in [0.1, 0.15) is 50.5 Å². The second-order valence-electron chi connectivity index (χ2n) is 9.08. The maximum atomic E-state index is 13.1. The van der Waals surface area contributed by atoms with Gasteiger partial charge in [0.15, 0.2) is 0 Å². The first kappa shape index (κ1) is 29.7. The van der Waals surface area contributed by atoms with Crippen LogP contribution >= 0.6 is 0 Å². The topological polar surface area (TPSA) is 200 Å². The molecule has 2 rings (SSSR count). The lowest BCUT2D eigenvalue weighted by Gasteiger charge is -2.25. The van der Waals surface area contributed by atoms with E-state index in [0.717, 1.165) is 6.42 Å². The first-order chi connectivity index (χ1) is 17.7. The maximum Gasteiger partial charge on any atom is 0.326 e. The highest BCUT2D eigenvalue weighted by Crippen LogP contribution is 2.09. The molecule has 8 N–H and O–H groups in total. The number of nitrogens with one attached hydrogen (secondary N) is 4. The SMILES string of the molecule is NCCCCC(NC(=O)C1CCCN1)C(=O)NC(CCC(=O)O)C(=O)NC(Cc1ccccc1)C(=O)O. The van der Waals surface area contributed by atoms with Crippen LogP contribution in [0.5, 0.6) is 0 Å². The molecule has 12 nitrogen and oxygen atoms in total. The molecule has 0 bridgehead atoms. The molecule has 4 unspecified atom stereocenters. The maximum absolute atomic E-state index is 13.1. The molecule has 1 fully saturated rings. The highest BCUT2D eigenvalue weighted by atomic mass is 16.4. The summed E-state index contributed by atoms with van der Waals surface area (Å²) in [6.45, 7) is 1.11. The quantitative estimate of drug-likeness (QED) is 0.141. The Morgan fingerprint density at radius 3 is 2.14 bits per heavy atom. The molecule has 4 atom stereocenters. The summed E-state index contributed by atoms with van der Waals surface area (Å²) in [6, 6.07) is 4.75. The third-order valence-corrected chi connectivity index (χ3v) is 6.13. The molecule has 1 aliphatic rings. The Morgan fingerprint density at radius 1 is 0.919 bits per heavy atom. The van der Waals surface area contributed by atoms with Crippen molar-refractivity contribution in [1.82, 2.24) is 21.3 Å². The Kier molecular flexibility index (Phi) is 12.5. The predicted octanol–water partition coefficient (Wildman–Crippen LogP) is -0.486. The van der Waals surface area contributed by atoms with Crippen LogP contribution < -0.4 is 27.0 Å². The molecule has 1 saturated heterocycles. The van der Waals surface area contributed by atoms with Gasteiger partial charge in [-0.1, -0.05) is 30.3 Å². The monoisotopic (exact) mass is 519 g/mol. The van der Waals surface area contributed by atoms with Gasteiger partial charge >= 0.3 is 11.9 Å². The van der Waals surface area contributed by atoms with Crippen LogP contribution in [0.15, 0.2) is 30.3 Å². The van der Waals surface area contributed by atoms with Gasteiger partial charge in [-0.15, -0.1) is 0 Å². The van der Waals surface area contributed by atoms with Gasteiger partial charge in [-0.3, -0.25) is 19.2 Å². The number of carboxylic acids is 2. The summed E-state index contributed by atoms with van der Waals surface area (Å²) < 4.78 is 0. The Hall–Kier alpha value is -3.51. The van der Waals surface area contributed by atoms with Crippen LogP contribution in [0.4, 0.5) is 0 Å². The average Bonchev–Trinajstić information content (AvgIpc) is 3.41. The number of carbonyl (C=O) groups is 5. The molecule has 0 spiro atoms. The fraction of sp³-hybridized carbons (Fsp3) is 0.560. The molecular formula is C25H37N5O7. The number of nitrogens with two attached hydrogens (primary N) is 1. The van der Waals surface area contributed by atoms with Crippen LogP contribution in [0.2, 0.25) is 0 Å². The van der Waals surface area contributed by atoms with Crippen molar-refractivity contribution in [3.05, 3.63) is 35.9 Å². The van der Waals surface area contributed by atoms with Crippen LogP contribution in [0.3, 0.4) is 0 Å². The van der Waals surface area contributed by atoms with E-state index in [0.29, 0.717) is 37.9 Å². The van der Waals surface area contributed by atoms with Crippen molar-refractivity contribution < 1.29 is 34.2 Å². The molecule has 12 heteroatoms. The molecule has 3 amide bonds. The highest BCUT2D eigenvalue weighted by molar-refractivity contribution is 5.94. The van der Waals surface area contributed by atoms with Gasteiger partial charge in [0, 0.05) is 12.8 Å². The van der Waals surface area contributed by atoms with E-state index in [1.807, 2.05) is 0 Å². The Morgan fingerprint density at radius 2 is 1.57 bits per heavy atom. The molecule has 0 aromatic heterocycles. The number of hydrogen-bond acceptors (Lipinski definition) is 7. The number of benzene rings is 1. The molecule has 1 aromatic rings. The minimum atomic E-state index is -1.31. The molecule has 1 heterocycles. The normalized spacial score (nSPS) is 17.3. The number of hydrogen-bond donors (Lipinski definition) is 7. The van der Waals surface area contributed by atoms with Crippen molar-refractivity contribution in [3.63, 3.8) is 0 Å². The summed E-state index contributed by atoms with van der Waals surface area (Å²) in [7, 11) is 0. The second-order valence-corrected chi connectivity index (χ2v) is 9.08. The van der Waals surface area contributed by atoms with E-state index >= 15 is 0 Å². The second kappa shape index (κ2) is 15.6. The van der Waals surface area contributed by atoms with E-state index < -0.39 is 54.3 Å². The summed E-state index contributed by atoms with van der Waals surface area (Å²) in [5, 5.41) is 29.5. The zero-order valence-corrected chi connectivity index (χ0v) is 20.8. The van der Waals surface area contributed by atoms with Crippen LogP contribution in [0, 0.1) is 0 Å². The minimum absolute atomic E-state index is 0.00761. The number of carbonyl (C=O) groups excluding carboxylic acids is 3. The zero-order chi connectivity index (χ0) is 27.2. The molecule has 0 saturated carbocycles. The van der Waals surface area contributed by atoms with Gasteiger partial charge in [-0.25, -0.2) is 4.79 Å². The van der Waals surface area contributed by atoms with Crippen LogP contribution in [0.25, 0.3) is 0 Å². The van der Waals surface area contributed by atoms with Gasteiger partial charge < -0.3 is 37.2 Å². The molecule has 204 valence electrons. The van der Waals surface area contributed by atoms with E-state index in [1.54, 1.807) is 30.3 Å². The van der Waals surface area contributed by atoms with E-state index in [1.165, 1.54) is 0 Å². The third-order valence-electron chi connectivity index (χ3n) is 6.13. The summed E-state index contributed by atoms with van der Waals surface area (Å²) in [5.41, 5.74) is 6.24. The number of rotatable bonds is 16. The van der Waals surface area contributed by atoms with Gasteiger partial charge in [-0.2, -0.15) is 0 Å². The fourth-order valence-electron chi connectivity index (χ4n) is 4.07. The number of aliphatic carboxylic acids is 2. The Balaban J connectivity index is 2.12. The zero-order valence-electron chi connectivity index (χ0n) is 20.8. The lowest BCUT2D eigenvalue weighted by molar-refractivity contribution is -0.143. The van der Waals surface area contributed by atoms with E-state index in [4.69, 9.17) is 10.8 Å². The largest absolute Gasteiger partial charge is 0.481 e. The van der Waals surface area contributed by atoms with Crippen molar-refractivity contribution in [2.45, 2.75) is 75.5 Å². The molecular weight excluding hydrogens is 482 g/mol. The smallest absolute Gasteiger partial charge is 0.326 e. The molecule has 1 aliphatic heterocycles.